The van der Waals surface area contributed by atoms with E-state index in [0.717, 1.165) is 8.29 Å². The monoisotopic (exact) mass is 290 g/mol. The Balaban J connectivity index is 1.86. The third-order valence-corrected chi connectivity index (χ3v) is 4.96. The number of H-pyrrole nitrogens is 1. The van der Waals surface area contributed by atoms with Crippen molar-refractivity contribution in [3.05, 3.63) is 3.95 Å². The van der Waals surface area contributed by atoms with Gasteiger partial charge in [-0.3, -0.25) is 5.10 Å². The molecule has 0 amide bonds. The molecule has 0 fully saturated rings. The van der Waals surface area contributed by atoms with Crippen molar-refractivity contribution in [1.82, 2.24) is 10.2 Å². The van der Waals surface area contributed by atoms with Crippen molar-refractivity contribution in [2.45, 2.75) is 62.6 Å². The molecule has 1 heterocycles. The lowest BCUT2D eigenvalue weighted by atomic mass is 10.1. The molecule has 0 aliphatic heterocycles. The Hall–Kier alpha value is 0.130. The van der Waals surface area contributed by atoms with Gasteiger partial charge in [0.2, 0.25) is 0 Å². The summed E-state index contributed by atoms with van der Waals surface area (Å²) in [5.41, 5.74) is 0. The number of nitrogens with one attached hydrogen (secondary N) is 1. The molecule has 0 spiro atoms. The molecular weight excluding hydrogens is 268 g/mol. The highest BCUT2D eigenvalue weighted by atomic mass is 32.2. The van der Waals surface area contributed by atoms with E-state index in [-0.39, 0.29) is 0 Å². The highest BCUT2D eigenvalue weighted by Gasteiger charge is 1.98. The Morgan fingerprint density at radius 1 is 1.12 bits per heavy atom. The molecule has 0 atom stereocenters. The van der Waals surface area contributed by atoms with Crippen LogP contribution in [0.25, 0.3) is 0 Å². The van der Waals surface area contributed by atoms with Crippen molar-refractivity contribution < 1.29 is 0 Å². The molecule has 0 radical (unpaired) electrons. The van der Waals surface area contributed by atoms with Crippen LogP contribution in [0.2, 0.25) is 0 Å². The van der Waals surface area contributed by atoms with Gasteiger partial charge in [0, 0.05) is 5.75 Å². The van der Waals surface area contributed by atoms with Gasteiger partial charge in [-0.25, -0.2) is 0 Å². The van der Waals surface area contributed by atoms with E-state index >= 15 is 0 Å². The number of aromatic amines is 1. The number of nitrogens with zero attached hydrogens (tertiary/aromatic N) is 1. The summed E-state index contributed by atoms with van der Waals surface area (Å²) in [4.78, 5) is 0. The molecule has 1 aromatic rings. The van der Waals surface area contributed by atoms with Crippen LogP contribution in [0.15, 0.2) is 4.34 Å². The molecule has 1 aromatic heterocycles. The van der Waals surface area contributed by atoms with Crippen molar-refractivity contribution in [2.75, 3.05) is 5.75 Å². The number of rotatable bonds is 10. The maximum absolute atomic E-state index is 4.99. The third kappa shape index (κ3) is 7.95. The van der Waals surface area contributed by atoms with Crippen molar-refractivity contribution in [3.63, 3.8) is 0 Å². The highest BCUT2D eigenvalue weighted by Crippen LogP contribution is 2.21. The zero-order chi connectivity index (χ0) is 12.3. The van der Waals surface area contributed by atoms with E-state index in [4.69, 9.17) is 12.2 Å². The predicted molar refractivity (Wildman–Crippen MR) is 80.6 cm³/mol. The lowest BCUT2D eigenvalue weighted by Crippen LogP contribution is -1.83. The molecule has 1 N–H and O–H groups in total. The average Bonchev–Trinajstić information content (AvgIpc) is 2.73. The van der Waals surface area contributed by atoms with Gasteiger partial charge in [0.05, 0.1) is 0 Å². The minimum absolute atomic E-state index is 0.781. The molecule has 0 saturated carbocycles. The first-order valence-corrected chi connectivity index (χ1v) is 8.72. The quantitative estimate of drug-likeness (QED) is 0.354. The number of thioether (sulfide) groups is 1. The Labute approximate surface area is 118 Å². The van der Waals surface area contributed by atoms with Crippen LogP contribution >= 0.6 is 35.3 Å². The number of aromatic nitrogens is 2. The Kier molecular flexibility index (Phi) is 9.01. The minimum Gasteiger partial charge on any atom is -0.257 e. The van der Waals surface area contributed by atoms with Crippen LogP contribution in [0.5, 0.6) is 0 Å². The second-order valence-corrected chi connectivity index (χ2v) is 7.21. The molecule has 0 bridgehead atoms. The zero-order valence-corrected chi connectivity index (χ0v) is 13.0. The summed E-state index contributed by atoms with van der Waals surface area (Å²) in [6.45, 7) is 2.27. The van der Waals surface area contributed by atoms with E-state index in [9.17, 15) is 0 Å². The van der Waals surface area contributed by atoms with E-state index in [0.29, 0.717) is 0 Å². The molecular formula is C12H22N2S3. The molecule has 0 aliphatic rings. The summed E-state index contributed by atoms with van der Waals surface area (Å²) in [5, 5.41) is 6.95. The number of unbranched alkanes of at least 4 members (excludes halogenated alkanes) is 7. The Morgan fingerprint density at radius 3 is 2.35 bits per heavy atom. The van der Waals surface area contributed by atoms with Crippen LogP contribution in [-0.4, -0.2) is 16.0 Å². The number of hydrogen-bond acceptors (Lipinski definition) is 4. The van der Waals surface area contributed by atoms with Gasteiger partial charge in [0.15, 0.2) is 8.29 Å². The minimum atomic E-state index is 0.781. The number of hydrogen-bond donors (Lipinski definition) is 1. The molecule has 5 heteroatoms. The highest BCUT2D eigenvalue weighted by molar-refractivity contribution is 8.01. The predicted octanol–water partition coefficient (Wildman–Crippen LogP) is 5.43. The van der Waals surface area contributed by atoms with E-state index in [1.807, 2.05) is 11.8 Å². The fraction of sp³-hybridized carbons (Fsp3) is 0.833. The largest absolute Gasteiger partial charge is 0.257 e. The van der Waals surface area contributed by atoms with Crippen LogP contribution in [0.3, 0.4) is 0 Å². The van der Waals surface area contributed by atoms with Crippen molar-refractivity contribution in [2.24, 2.45) is 0 Å². The topological polar surface area (TPSA) is 28.7 Å². The second kappa shape index (κ2) is 10.1. The summed E-state index contributed by atoms with van der Waals surface area (Å²) in [5.74, 6) is 1.17. The first kappa shape index (κ1) is 15.2. The van der Waals surface area contributed by atoms with Gasteiger partial charge in [-0.1, -0.05) is 75.0 Å². The maximum Gasteiger partial charge on any atom is 0.177 e. The van der Waals surface area contributed by atoms with E-state index in [2.05, 4.69) is 17.1 Å². The zero-order valence-electron chi connectivity index (χ0n) is 10.5. The molecule has 2 nitrogen and oxygen atoms in total. The van der Waals surface area contributed by atoms with Gasteiger partial charge >= 0.3 is 0 Å². The molecule has 0 aliphatic carbocycles. The Morgan fingerprint density at radius 2 is 1.76 bits per heavy atom. The molecule has 98 valence electrons. The molecule has 0 unspecified atom stereocenters. The smallest absolute Gasteiger partial charge is 0.177 e. The standard InChI is InChI=1S/C12H22N2S3/c1-2-3-4-5-6-7-8-9-10-16-12-14-13-11(15)17-12/h2-10H2,1H3,(H,13,15). The SMILES string of the molecule is CCCCCCCCCCSc1n[nH]c(=S)s1. The van der Waals surface area contributed by atoms with Crippen molar-refractivity contribution >= 4 is 35.3 Å². The summed E-state index contributed by atoms with van der Waals surface area (Å²) in [7, 11) is 0. The maximum atomic E-state index is 4.99. The first-order valence-electron chi connectivity index (χ1n) is 6.51. The van der Waals surface area contributed by atoms with E-state index < -0.39 is 0 Å². The van der Waals surface area contributed by atoms with Crippen LogP contribution in [0, 0.1) is 3.95 Å². The molecule has 0 aromatic carbocycles. The van der Waals surface area contributed by atoms with Crippen LogP contribution < -0.4 is 0 Å². The van der Waals surface area contributed by atoms with Crippen LogP contribution in [0.1, 0.15) is 58.3 Å². The first-order chi connectivity index (χ1) is 8.33. The van der Waals surface area contributed by atoms with E-state index in [1.165, 1.54) is 57.1 Å². The van der Waals surface area contributed by atoms with Gasteiger partial charge in [0.25, 0.3) is 0 Å². The molecule has 17 heavy (non-hydrogen) atoms. The van der Waals surface area contributed by atoms with Crippen molar-refractivity contribution in [3.8, 4) is 0 Å². The van der Waals surface area contributed by atoms with Crippen LogP contribution in [0.4, 0.5) is 0 Å². The average molecular weight is 291 g/mol. The Bertz CT molecular complexity index is 332. The van der Waals surface area contributed by atoms with Crippen molar-refractivity contribution in [1.29, 1.82) is 0 Å². The molecule has 0 saturated heterocycles. The third-order valence-electron chi connectivity index (χ3n) is 2.64. The van der Waals surface area contributed by atoms with Gasteiger partial charge in [0.1, 0.15) is 0 Å². The van der Waals surface area contributed by atoms with Gasteiger partial charge < -0.3 is 0 Å². The lowest BCUT2D eigenvalue weighted by Gasteiger charge is -2.00. The summed E-state index contributed by atoms with van der Waals surface area (Å²) >= 11 is 8.39. The fourth-order valence-electron chi connectivity index (χ4n) is 1.67. The second-order valence-electron chi connectivity index (χ2n) is 4.20. The summed E-state index contributed by atoms with van der Waals surface area (Å²) in [6.07, 6.45) is 11.0. The van der Waals surface area contributed by atoms with Crippen LogP contribution in [-0.2, 0) is 0 Å². The molecule has 1 rings (SSSR count). The fourth-order valence-corrected chi connectivity index (χ4v) is 3.82. The van der Waals surface area contributed by atoms with Gasteiger partial charge in [-0.2, -0.15) is 5.10 Å². The normalized spacial score (nSPS) is 10.9. The van der Waals surface area contributed by atoms with Gasteiger partial charge in [-0.15, -0.1) is 0 Å². The van der Waals surface area contributed by atoms with E-state index in [1.54, 1.807) is 11.3 Å². The lowest BCUT2D eigenvalue weighted by molar-refractivity contribution is 0.586. The van der Waals surface area contributed by atoms with Gasteiger partial charge in [-0.05, 0) is 18.6 Å². The summed E-state index contributed by atoms with van der Waals surface area (Å²) in [6, 6.07) is 0. The summed E-state index contributed by atoms with van der Waals surface area (Å²) < 4.78 is 1.86.